The smallest absolute Gasteiger partial charge is 0.306 e. The maximum atomic E-state index is 13.8. The van der Waals surface area contributed by atoms with Crippen LogP contribution < -0.4 is 0 Å². The molecule has 0 saturated heterocycles. The molecule has 130 valence electrons. The molecule has 1 aliphatic heterocycles. The van der Waals surface area contributed by atoms with Crippen molar-refractivity contribution in [2.75, 3.05) is 13.7 Å². The molecule has 1 atom stereocenters. The molecule has 25 heavy (non-hydrogen) atoms. The van der Waals surface area contributed by atoms with Crippen LogP contribution in [0.1, 0.15) is 35.6 Å². The summed E-state index contributed by atoms with van der Waals surface area (Å²) in [4.78, 5) is 25.8. The Bertz CT molecular complexity index is 790. The Kier molecular flexibility index (Phi) is 5.12. The van der Waals surface area contributed by atoms with E-state index in [0.717, 1.165) is 23.1 Å². The van der Waals surface area contributed by atoms with Gasteiger partial charge in [0.05, 0.1) is 19.6 Å². The second-order valence-corrected chi connectivity index (χ2v) is 6.07. The van der Waals surface area contributed by atoms with Crippen LogP contribution in [0, 0.1) is 5.82 Å². The summed E-state index contributed by atoms with van der Waals surface area (Å²) in [7, 11) is 1.31. The zero-order chi connectivity index (χ0) is 17.8. The van der Waals surface area contributed by atoms with Crippen LogP contribution in [0.2, 0.25) is 0 Å². The second-order valence-electron chi connectivity index (χ2n) is 6.07. The molecule has 1 aliphatic rings. The van der Waals surface area contributed by atoms with Gasteiger partial charge in [0, 0.05) is 13.0 Å². The van der Waals surface area contributed by atoms with E-state index in [1.165, 1.54) is 19.2 Å². The standard InChI is InChI=1S/C20H20FNO3/c1-25-19(24)10-9-18(23)22-12-11-14-5-2-3-8-17(14)20(22)15-6-4-7-16(21)13-15/h2-8,13,20H,9-12H2,1H3. The highest BCUT2D eigenvalue weighted by atomic mass is 19.1. The van der Waals surface area contributed by atoms with Crippen LogP contribution in [0.25, 0.3) is 0 Å². The molecule has 0 saturated carbocycles. The fourth-order valence-electron chi connectivity index (χ4n) is 3.33. The summed E-state index contributed by atoms with van der Waals surface area (Å²) in [5.74, 6) is -0.871. The van der Waals surface area contributed by atoms with Crippen molar-refractivity contribution >= 4 is 11.9 Å². The molecule has 0 aliphatic carbocycles. The third kappa shape index (κ3) is 3.71. The van der Waals surface area contributed by atoms with Crippen LogP contribution in [0.3, 0.4) is 0 Å². The molecule has 1 amide bonds. The summed E-state index contributed by atoms with van der Waals surface area (Å²) in [6, 6.07) is 13.9. The Balaban J connectivity index is 1.94. The third-order valence-corrected chi connectivity index (χ3v) is 4.54. The van der Waals surface area contributed by atoms with E-state index in [0.29, 0.717) is 6.54 Å². The number of carbonyl (C=O) groups is 2. The molecule has 2 aromatic rings. The molecule has 0 fully saturated rings. The van der Waals surface area contributed by atoms with Gasteiger partial charge in [-0.1, -0.05) is 36.4 Å². The van der Waals surface area contributed by atoms with Gasteiger partial charge in [0.1, 0.15) is 5.82 Å². The topological polar surface area (TPSA) is 46.6 Å². The zero-order valence-electron chi connectivity index (χ0n) is 14.1. The quantitative estimate of drug-likeness (QED) is 0.802. The molecule has 3 rings (SSSR count). The van der Waals surface area contributed by atoms with Crippen molar-refractivity contribution in [1.29, 1.82) is 0 Å². The molecule has 0 aromatic heterocycles. The average molecular weight is 341 g/mol. The van der Waals surface area contributed by atoms with Crippen molar-refractivity contribution < 1.29 is 18.7 Å². The SMILES string of the molecule is COC(=O)CCC(=O)N1CCc2ccccc2C1c1cccc(F)c1. The fourth-order valence-corrected chi connectivity index (χ4v) is 3.33. The lowest BCUT2D eigenvalue weighted by atomic mass is 9.88. The summed E-state index contributed by atoms with van der Waals surface area (Å²) in [6.45, 7) is 0.540. The van der Waals surface area contributed by atoms with E-state index >= 15 is 0 Å². The summed E-state index contributed by atoms with van der Waals surface area (Å²) >= 11 is 0. The molecule has 4 nitrogen and oxygen atoms in total. The number of hydrogen-bond acceptors (Lipinski definition) is 3. The first-order valence-corrected chi connectivity index (χ1v) is 8.29. The first-order chi connectivity index (χ1) is 12.1. The van der Waals surface area contributed by atoms with Crippen molar-refractivity contribution in [3.63, 3.8) is 0 Å². The number of halogens is 1. The normalized spacial score (nSPS) is 16.2. The highest BCUT2D eigenvalue weighted by molar-refractivity contribution is 5.82. The number of benzene rings is 2. The maximum Gasteiger partial charge on any atom is 0.306 e. The molecule has 1 heterocycles. The van der Waals surface area contributed by atoms with Crippen molar-refractivity contribution in [3.05, 3.63) is 71.0 Å². The molecule has 0 bridgehead atoms. The lowest BCUT2D eigenvalue weighted by molar-refractivity contribution is -0.144. The monoisotopic (exact) mass is 341 g/mol. The number of carbonyl (C=O) groups excluding carboxylic acids is 2. The van der Waals surface area contributed by atoms with Gasteiger partial charge < -0.3 is 9.64 Å². The molecular weight excluding hydrogens is 321 g/mol. The van der Waals surface area contributed by atoms with Crippen LogP contribution in [0.15, 0.2) is 48.5 Å². The first kappa shape index (κ1) is 17.1. The Labute approximate surface area is 146 Å². The highest BCUT2D eigenvalue weighted by Crippen LogP contribution is 2.35. The van der Waals surface area contributed by atoms with Gasteiger partial charge in [-0.15, -0.1) is 0 Å². The fraction of sp³-hybridized carbons (Fsp3) is 0.300. The van der Waals surface area contributed by atoms with Crippen LogP contribution in [-0.2, 0) is 20.7 Å². The minimum atomic E-state index is -0.409. The van der Waals surface area contributed by atoms with Gasteiger partial charge in [-0.25, -0.2) is 4.39 Å². The summed E-state index contributed by atoms with van der Waals surface area (Å²) in [5, 5.41) is 0. The van der Waals surface area contributed by atoms with Crippen LogP contribution in [-0.4, -0.2) is 30.4 Å². The number of fused-ring (bicyclic) bond motifs is 1. The first-order valence-electron chi connectivity index (χ1n) is 8.29. The Hall–Kier alpha value is -2.69. The van der Waals surface area contributed by atoms with E-state index in [1.54, 1.807) is 11.0 Å². The summed E-state index contributed by atoms with van der Waals surface area (Å²) in [6.07, 6.45) is 0.871. The maximum absolute atomic E-state index is 13.8. The lowest BCUT2D eigenvalue weighted by Crippen LogP contribution is -2.40. The van der Waals surface area contributed by atoms with Crippen LogP contribution >= 0.6 is 0 Å². The molecule has 2 aromatic carbocycles. The lowest BCUT2D eigenvalue weighted by Gasteiger charge is -2.38. The molecule has 0 radical (unpaired) electrons. The van der Waals surface area contributed by atoms with Crippen molar-refractivity contribution in [2.24, 2.45) is 0 Å². The Morgan fingerprint density at radius 1 is 1.16 bits per heavy atom. The predicted molar refractivity (Wildman–Crippen MR) is 91.4 cm³/mol. The molecule has 0 N–H and O–H groups in total. The number of nitrogens with zero attached hydrogens (tertiary/aromatic N) is 1. The van der Waals surface area contributed by atoms with E-state index in [2.05, 4.69) is 4.74 Å². The van der Waals surface area contributed by atoms with Crippen molar-refractivity contribution in [1.82, 2.24) is 4.90 Å². The molecular formula is C20H20FNO3. The third-order valence-electron chi connectivity index (χ3n) is 4.54. The van der Waals surface area contributed by atoms with Gasteiger partial charge in [0.25, 0.3) is 0 Å². The van der Waals surface area contributed by atoms with E-state index in [9.17, 15) is 14.0 Å². The molecule has 5 heteroatoms. The van der Waals surface area contributed by atoms with Gasteiger partial charge in [-0.2, -0.15) is 0 Å². The van der Waals surface area contributed by atoms with Crippen molar-refractivity contribution in [2.45, 2.75) is 25.3 Å². The van der Waals surface area contributed by atoms with E-state index in [-0.39, 0.29) is 30.6 Å². The van der Waals surface area contributed by atoms with Crippen LogP contribution in [0.5, 0.6) is 0 Å². The van der Waals surface area contributed by atoms with E-state index in [4.69, 9.17) is 0 Å². The minimum Gasteiger partial charge on any atom is -0.469 e. The van der Waals surface area contributed by atoms with Crippen LogP contribution in [0.4, 0.5) is 4.39 Å². The number of methoxy groups -OCH3 is 1. The zero-order valence-corrected chi connectivity index (χ0v) is 14.1. The largest absolute Gasteiger partial charge is 0.469 e. The number of hydrogen-bond donors (Lipinski definition) is 0. The second kappa shape index (κ2) is 7.47. The van der Waals surface area contributed by atoms with Gasteiger partial charge in [-0.05, 0) is 35.2 Å². The van der Waals surface area contributed by atoms with Gasteiger partial charge in [0.2, 0.25) is 5.91 Å². The number of ether oxygens (including phenoxy) is 1. The van der Waals surface area contributed by atoms with Gasteiger partial charge >= 0.3 is 5.97 Å². The number of esters is 1. The molecule has 0 spiro atoms. The Morgan fingerprint density at radius 2 is 1.96 bits per heavy atom. The van der Waals surface area contributed by atoms with Gasteiger partial charge in [0.15, 0.2) is 0 Å². The summed E-state index contributed by atoms with van der Waals surface area (Å²) < 4.78 is 18.4. The van der Waals surface area contributed by atoms with E-state index < -0.39 is 5.97 Å². The van der Waals surface area contributed by atoms with E-state index in [1.807, 2.05) is 30.3 Å². The number of rotatable bonds is 4. The van der Waals surface area contributed by atoms with Gasteiger partial charge in [-0.3, -0.25) is 9.59 Å². The Morgan fingerprint density at radius 3 is 2.72 bits per heavy atom. The highest BCUT2D eigenvalue weighted by Gasteiger charge is 2.32. The molecule has 1 unspecified atom stereocenters. The summed E-state index contributed by atoms with van der Waals surface area (Å²) in [5.41, 5.74) is 2.90. The minimum absolute atomic E-state index is 0.0450. The predicted octanol–water partition coefficient (Wildman–Crippen LogP) is 3.25. The van der Waals surface area contributed by atoms with Crippen molar-refractivity contribution in [3.8, 4) is 0 Å². The average Bonchev–Trinajstić information content (AvgIpc) is 2.64. The number of amides is 1.